The lowest BCUT2D eigenvalue weighted by atomic mass is 10.2. The van der Waals surface area contributed by atoms with Crippen molar-refractivity contribution in [3.05, 3.63) is 64.0 Å². The molecule has 0 atom stereocenters. The lowest BCUT2D eigenvalue weighted by molar-refractivity contribution is -0.122. The van der Waals surface area contributed by atoms with Gasteiger partial charge in [0.2, 0.25) is 5.91 Å². The van der Waals surface area contributed by atoms with Gasteiger partial charge in [-0.1, -0.05) is 47.6 Å². The third-order valence-electron chi connectivity index (χ3n) is 5.23. The molecule has 0 radical (unpaired) electrons. The van der Waals surface area contributed by atoms with Gasteiger partial charge in [0.25, 0.3) is 5.91 Å². The summed E-state index contributed by atoms with van der Waals surface area (Å²) >= 11 is 7.51. The maximum absolute atomic E-state index is 13.2. The molecule has 156 valence electrons. The van der Waals surface area contributed by atoms with Gasteiger partial charge in [-0.15, -0.1) is 0 Å². The monoisotopic (exact) mass is 441 g/mol. The number of hydrogen-bond donors (Lipinski definition) is 1. The van der Waals surface area contributed by atoms with Crippen molar-refractivity contribution >= 4 is 46.9 Å². The number of fused-ring (bicyclic) bond motifs is 1. The average molecular weight is 442 g/mol. The summed E-state index contributed by atoms with van der Waals surface area (Å²) in [6.45, 7) is 3.66. The quantitative estimate of drug-likeness (QED) is 0.687. The van der Waals surface area contributed by atoms with Crippen LogP contribution in [-0.4, -0.2) is 49.4 Å². The van der Waals surface area contributed by atoms with E-state index in [2.05, 4.69) is 10.2 Å². The molecule has 2 aromatic rings. The third-order valence-corrected chi connectivity index (χ3v) is 6.54. The minimum Gasteiger partial charge on any atom is -0.353 e. The summed E-state index contributed by atoms with van der Waals surface area (Å²) in [6, 6.07) is 15.1. The van der Waals surface area contributed by atoms with E-state index < -0.39 is 0 Å². The smallest absolute Gasteiger partial charge is 0.265 e. The molecule has 1 saturated heterocycles. The Labute approximate surface area is 186 Å². The number of para-hydroxylation sites is 1. The first-order chi connectivity index (χ1) is 14.6. The highest BCUT2D eigenvalue weighted by Crippen LogP contribution is 2.41. The van der Waals surface area contributed by atoms with Crippen molar-refractivity contribution in [2.75, 3.05) is 37.6 Å². The lowest BCUT2D eigenvalue weighted by Gasteiger charge is -2.30. The van der Waals surface area contributed by atoms with Crippen LogP contribution in [0.15, 0.2) is 58.3 Å². The van der Waals surface area contributed by atoms with E-state index in [-0.39, 0.29) is 18.4 Å². The Bertz CT molecular complexity index is 972. The van der Waals surface area contributed by atoms with Gasteiger partial charge in [0.15, 0.2) is 0 Å². The number of hydrogen-bond acceptors (Lipinski definition) is 4. The van der Waals surface area contributed by atoms with Gasteiger partial charge < -0.3 is 10.2 Å². The van der Waals surface area contributed by atoms with E-state index in [1.165, 1.54) is 24.6 Å². The predicted molar refractivity (Wildman–Crippen MR) is 123 cm³/mol. The van der Waals surface area contributed by atoms with Crippen LogP contribution in [0.4, 0.5) is 5.69 Å². The van der Waals surface area contributed by atoms with Gasteiger partial charge in [-0.05, 0) is 61.8 Å². The van der Waals surface area contributed by atoms with Crippen molar-refractivity contribution in [3.8, 4) is 0 Å². The molecule has 30 heavy (non-hydrogen) atoms. The molecule has 2 heterocycles. The zero-order valence-corrected chi connectivity index (χ0v) is 18.2. The van der Waals surface area contributed by atoms with Crippen LogP contribution in [-0.2, 0) is 9.59 Å². The number of nitrogens with one attached hydrogen (secondary N) is 1. The first-order valence-electron chi connectivity index (χ1n) is 10.2. The Morgan fingerprint density at radius 1 is 1.13 bits per heavy atom. The van der Waals surface area contributed by atoms with Gasteiger partial charge in [-0.3, -0.25) is 14.5 Å². The summed E-state index contributed by atoms with van der Waals surface area (Å²) < 4.78 is 0. The van der Waals surface area contributed by atoms with Crippen LogP contribution < -0.4 is 10.2 Å². The van der Waals surface area contributed by atoms with Crippen LogP contribution in [0.5, 0.6) is 0 Å². The molecule has 1 fully saturated rings. The molecular weight excluding hydrogens is 418 g/mol. The summed E-state index contributed by atoms with van der Waals surface area (Å²) in [4.78, 5) is 31.2. The van der Waals surface area contributed by atoms with Crippen molar-refractivity contribution in [2.45, 2.75) is 17.7 Å². The Morgan fingerprint density at radius 3 is 2.73 bits per heavy atom. The fourth-order valence-electron chi connectivity index (χ4n) is 3.73. The highest BCUT2D eigenvalue weighted by atomic mass is 35.5. The van der Waals surface area contributed by atoms with Gasteiger partial charge in [0.1, 0.15) is 6.54 Å². The Hall–Kier alpha value is -2.28. The van der Waals surface area contributed by atoms with E-state index in [4.69, 9.17) is 11.6 Å². The minimum atomic E-state index is -0.173. The van der Waals surface area contributed by atoms with Crippen molar-refractivity contribution in [3.63, 3.8) is 0 Å². The molecule has 5 nitrogen and oxygen atoms in total. The van der Waals surface area contributed by atoms with E-state index in [0.29, 0.717) is 16.5 Å². The Morgan fingerprint density at radius 2 is 1.93 bits per heavy atom. The number of rotatable bonds is 6. The highest BCUT2D eigenvalue weighted by molar-refractivity contribution is 8.04. The lowest BCUT2D eigenvalue weighted by Crippen LogP contribution is -2.44. The van der Waals surface area contributed by atoms with E-state index >= 15 is 0 Å². The maximum atomic E-state index is 13.2. The Kier molecular flexibility index (Phi) is 6.77. The second-order valence-corrected chi connectivity index (χ2v) is 8.94. The summed E-state index contributed by atoms with van der Waals surface area (Å²) in [6.07, 6.45) is 4.28. The molecule has 0 bridgehead atoms. The molecule has 2 amide bonds. The number of halogens is 1. The number of likely N-dealkylation sites (tertiary alicyclic amines) is 1. The van der Waals surface area contributed by atoms with Crippen molar-refractivity contribution in [1.29, 1.82) is 0 Å². The number of carbonyl (C=O) groups is 2. The molecule has 4 rings (SSSR count). The molecular formula is C23H24ClN3O2S. The normalized spacial score (nSPS) is 18.0. The number of nitrogens with zero attached hydrogens (tertiary/aromatic N) is 2. The summed E-state index contributed by atoms with van der Waals surface area (Å²) in [5.74, 6) is -0.320. The zero-order valence-electron chi connectivity index (χ0n) is 16.6. The first kappa shape index (κ1) is 21.0. The Balaban J connectivity index is 1.49. The second-order valence-electron chi connectivity index (χ2n) is 7.42. The standard InChI is InChI=1S/C23H24ClN3O2S/c24-18-7-5-6-17(14-18)15-21-23(29)27(19-8-1-2-9-20(19)30-21)16-22(28)25-10-13-26-11-3-4-12-26/h1-2,5-9,14-15H,3-4,10-13,16H2,(H,25,28)/b21-15-. The molecule has 2 aromatic carbocycles. The van der Waals surface area contributed by atoms with Gasteiger partial charge in [0.05, 0.1) is 10.6 Å². The summed E-state index contributed by atoms with van der Waals surface area (Å²) in [5.41, 5.74) is 1.62. The number of carbonyl (C=O) groups excluding carboxylic acids is 2. The van der Waals surface area contributed by atoms with Gasteiger partial charge in [-0.2, -0.15) is 0 Å². The molecule has 2 aliphatic rings. The highest BCUT2D eigenvalue weighted by Gasteiger charge is 2.30. The van der Waals surface area contributed by atoms with Gasteiger partial charge in [-0.25, -0.2) is 0 Å². The van der Waals surface area contributed by atoms with E-state index in [9.17, 15) is 9.59 Å². The van der Waals surface area contributed by atoms with Crippen molar-refractivity contribution in [1.82, 2.24) is 10.2 Å². The predicted octanol–water partition coefficient (Wildman–Crippen LogP) is 4.03. The van der Waals surface area contributed by atoms with E-state index in [1.54, 1.807) is 11.0 Å². The molecule has 0 saturated carbocycles. The van der Waals surface area contributed by atoms with Gasteiger partial charge in [0, 0.05) is 23.0 Å². The van der Waals surface area contributed by atoms with Crippen LogP contribution in [0.25, 0.3) is 6.08 Å². The molecule has 0 aromatic heterocycles. The van der Waals surface area contributed by atoms with Crippen LogP contribution in [0.1, 0.15) is 18.4 Å². The molecule has 1 N–H and O–H groups in total. The summed E-state index contributed by atoms with van der Waals surface area (Å²) in [5, 5.41) is 3.58. The molecule has 2 aliphatic heterocycles. The largest absolute Gasteiger partial charge is 0.353 e. The van der Waals surface area contributed by atoms with Crippen molar-refractivity contribution < 1.29 is 9.59 Å². The topological polar surface area (TPSA) is 52.7 Å². The minimum absolute atomic E-state index is 0.00327. The molecule has 0 unspecified atom stereocenters. The number of amides is 2. The SMILES string of the molecule is O=C(CN1C(=O)/C(=C/c2cccc(Cl)c2)Sc2ccccc21)NCCN1CCCC1. The van der Waals surface area contributed by atoms with Crippen LogP contribution in [0, 0.1) is 0 Å². The van der Waals surface area contributed by atoms with Gasteiger partial charge >= 0.3 is 0 Å². The third kappa shape index (κ3) is 5.06. The van der Waals surface area contributed by atoms with Crippen LogP contribution >= 0.6 is 23.4 Å². The maximum Gasteiger partial charge on any atom is 0.265 e. The fourth-order valence-corrected chi connectivity index (χ4v) is 4.98. The number of thioether (sulfide) groups is 1. The molecule has 0 aliphatic carbocycles. The average Bonchev–Trinajstić information content (AvgIpc) is 3.25. The van der Waals surface area contributed by atoms with E-state index in [1.807, 2.05) is 48.5 Å². The summed E-state index contributed by atoms with van der Waals surface area (Å²) in [7, 11) is 0. The second kappa shape index (κ2) is 9.69. The molecule has 0 spiro atoms. The number of benzene rings is 2. The van der Waals surface area contributed by atoms with Crippen LogP contribution in [0.3, 0.4) is 0 Å². The van der Waals surface area contributed by atoms with Crippen molar-refractivity contribution in [2.24, 2.45) is 0 Å². The zero-order chi connectivity index (χ0) is 20.9. The first-order valence-corrected chi connectivity index (χ1v) is 11.3. The molecule has 7 heteroatoms. The fraction of sp³-hybridized carbons (Fsp3) is 0.304. The van der Waals surface area contributed by atoms with E-state index in [0.717, 1.165) is 35.8 Å². The number of anilines is 1. The van der Waals surface area contributed by atoms with Crippen LogP contribution in [0.2, 0.25) is 5.02 Å².